The lowest BCUT2D eigenvalue weighted by Gasteiger charge is -2.38. The summed E-state index contributed by atoms with van der Waals surface area (Å²) in [5.74, 6) is -0.0826. The van der Waals surface area contributed by atoms with Gasteiger partial charge in [-0.2, -0.15) is 0 Å². The first-order valence-electron chi connectivity index (χ1n) is 10.4. The molecule has 3 N–H and O–H groups in total. The maximum absolute atomic E-state index is 12.6. The molecule has 2 aliphatic rings. The van der Waals surface area contributed by atoms with Crippen molar-refractivity contribution in [3.8, 4) is 0 Å². The van der Waals surface area contributed by atoms with Crippen LogP contribution in [-0.4, -0.2) is 47.6 Å². The fraction of sp³-hybridized carbons (Fsp3) is 0.636. The van der Waals surface area contributed by atoms with Gasteiger partial charge in [0.05, 0.1) is 18.2 Å². The average Bonchev–Trinajstić information content (AvgIpc) is 2.66. The molecule has 0 heterocycles. The standard InChI is InChI=1S/C22H32N2O4/c1-24(19-6-3-7-19)21(25)20(23)17-10-8-15(9-11-17)13-28-14-16-4-2-5-18(12-16)22(26)27/h2,4-5,12,15,17,19-20H,3,6-11,13-14,23H2,1H3,(H,26,27). The van der Waals surface area contributed by atoms with Gasteiger partial charge >= 0.3 is 5.97 Å². The number of nitrogens with zero attached hydrogens (tertiary/aromatic N) is 1. The summed E-state index contributed by atoms with van der Waals surface area (Å²) in [6, 6.07) is 6.87. The topological polar surface area (TPSA) is 92.9 Å². The van der Waals surface area contributed by atoms with Gasteiger partial charge < -0.3 is 20.5 Å². The third-order valence-corrected chi connectivity index (χ3v) is 6.45. The van der Waals surface area contributed by atoms with Crippen molar-refractivity contribution in [3.05, 3.63) is 35.4 Å². The number of likely N-dealkylation sites (N-methyl/N-ethyl adjacent to an activating group) is 1. The zero-order valence-electron chi connectivity index (χ0n) is 16.7. The van der Waals surface area contributed by atoms with Gasteiger partial charge in [-0.3, -0.25) is 4.79 Å². The number of ether oxygens (including phenoxy) is 1. The van der Waals surface area contributed by atoms with E-state index < -0.39 is 5.97 Å². The zero-order chi connectivity index (χ0) is 20.1. The Morgan fingerprint density at radius 3 is 2.54 bits per heavy atom. The van der Waals surface area contributed by atoms with Gasteiger partial charge in [-0.25, -0.2) is 4.79 Å². The molecule has 1 aromatic rings. The van der Waals surface area contributed by atoms with Crippen molar-refractivity contribution in [2.24, 2.45) is 17.6 Å². The number of aromatic carboxylic acids is 1. The van der Waals surface area contributed by atoms with Crippen LogP contribution in [0.2, 0.25) is 0 Å². The number of hydrogen-bond acceptors (Lipinski definition) is 4. The second kappa shape index (κ2) is 9.52. The molecule has 2 aliphatic carbocycles. The molecule has 0 bridgehead atoms. The predicted molar refractivity (Wildman–Crippen MR) is 107 cm³/mol. The van der Waals surface area contributed by atoms with Crippen molar-refractivity contribution < 1.29 is 19.4 Å². The second-order valence-corrected chi connectivity index (χ2v) is 8.36. The van der Waals surface area contributed by atoms with E-state index in [0.29, 0.717) is 25.2 Å². The maximum Gasteiger partial charge on any atom is 0.335 e. The van der Waals surface area contributed by atoms with E-state index in [1.807, 2.05) is 18.0 Å². The predicted octanol–water partition coefficient (Wildman–Crippen LogP) is 3.05. The molecule has 0 radical (unpaired) electrons. The minimum absolute atomic E-state index is 0.0997. The largest absolute Gasteiger partial charge is 0.478 e. The van der Waals surface area contributed by atoms with E-state index in [1.165, 1.54) is 6.42 Å². The molecule has 0 aromatic heterocycles. The molecule has 1 unspecified atom stereocenters. The minimum atomic E-state index is -0.922. The molecule has 154 valence electrons. The molecule has 3 rings (SSSR count). The molecule has 2 saturated carbocycles. The smallest absolute Gasteiger partial charge is 0.335 e. The molecule has 6 heteroatoms. The highest BCUT2D eigenvalue weighted by molar-refractivity contribution is 5.87. The van der Waals surface area contributed by atoms with E-state index in [9.17, 15) is 9.59 Å². The molecular formula is C22H32N2O4. The first-order chi connectivity index (χ1) is 13.5. The Morgan fingerprint density at radius 1 is 1.21 bits per heavy atom. The third-order valence-electron chi connectivity index (χ3n) is 6.45. The van der Waals surface area contributed by atoms with Crippen LogP contribution >= 0.6 is 0 Å². The fourth-order valence-corrected chi connectivity index (χ4v) is 4.24. The lowest BCUT2D eigenvalue weighted by Crippen LogP contribution is -2.52. The van der Waals surface area contributed by atoms with Crippen molar-refractivity contribution in [2.75, 3.05) is 13.7 Å². The lowest BCUT2D eigenvalue weighted by molar-refractivity contribution is -0.136. The van der Waals surface area contributed by atoms with Crippen LogP contribution in [0, 0.1) is 11.8 Å². The third kappa shape index (κ3) is 5.11. The van der Waals surface area contributed by atoms with Crippen LogP contribution in [0.25, 0.3) is 0 Å². The molecule has 0 saturated heterocycles. The van der Waals surface area contributed by atoms with Crippen molar-refractivity contribution in [2.45, 2.75) is 63.6 Å². The molecule has 0 aliphatic heterocycles. The van der Waals surface area contributed by atoms with Crippen LogP contribution < -0.4 is 5.73 Å². The quantitative estimate of drug-likeness (QED) is 0.714. The number of nitrogens with two attached hydrogens (primary N) is 1. The fourth-order valence-electron chi connectivity index (χ4n) is 4.24. The van der Waals surface area contributed by atoms with Gasteiger partial charge in [0.25, 0.3) is 0 Å². The van der Waals surface area contributed by atoms with Crippen LogP contribution in [0.1, 0.15) is 60.9 Å². The normalized spacial score (nSPS) is 23.6. The molecule has 6 nitrogen and oxygen atoms in total. The summed E-state index contributed by atoms with van der Waals surface area (Å²) in [5, 5.41) is 9.05. The van der Waals surface area contributed by atoms with Crippen molar-refractivity contribution in [1.82, 2.24) is 4.90 Å². The number of hydrogen-bond donors (Lipinski definition) is 2. The number of rotatable bonds is 8. The Hall–Kier alpha value is -1.92. The Morgan fingerprint density at radius 2 is 1.93 bits per heavy atom. The molecule has 1 aromatic carbocycles. The van der Waals surface area contributed by atoms with Crippen LogP contribution in [0.5, 0.6) is 0 Å². The number of carbonyl (C=O) groups is 2. The SMILES string of the molecule is CN(C(=O)C(N)C1CCC(COCc2cccc(C(=O)O)c2)CC1)C1CCC1. The van der Waals surface area contributed by atoms with Crippen LogP contribution in [0.3, 0.4) is 0 Å². The molecular weight excluding hydrogens is 356 g/mol. The van der Waals surface area contributed by atoms with Gasteiger partial charge in [-0.15, -0.1) is 0 Å². The zero-order valence-corrected chi connectivity index (χ0v) is 16.7. The summed E-state index contributed by atoms with van der Waals surface area (Å²) >= 11 is 0. The van der Waals surface area contributed by atoms with Gasteiger partial charge in [0.15, 0.2) is 0 Å². The highest BCUT2D eigenvalue weighted by Gasteiger charge is 2.34. The van der Waals surface area contributed by atoms with Gasteiger partial charge in [0.1, 0.15) is 0 Å². The summed E-state index contributed by atoms with van der Waals surface area (Å²) < 4.78 is 5.83. The van der Waals surface area contributed by atoms with Gasteiger partial charge in [0.2, 0.25) is 5.91 Å². The van der Waals surface area contributed by atoms with E-state index >= 15 is 0 Å². The maximum atomic E-state index is 12.6. The van der Waals surface area contributed by atoms with Crippen molar-refractivity contribution in [1.29, 1.82) is 0 Å². The van der Waals surface area contributed by atoms with Crippen LogP contribution in [-0.2, 0) is 16.1 Å². The van der Waals surface area contributed by atoms with E-state index in [4.69, 9.17) is 15.6 Å². The number of carboxylic acids is 1. The highest BCUT2D eigenvalue weighted by atomic mass is 16.5. The van der Waals surface area contributed by atoms with Crippen LogP contribution in [0.15, 0.2) is 24.3 Å². The Kier molecular flexibility index (Phi) is 7.08. The van der Waals surface area contributed by atoms with Gasteiger partial charge in [0, 0.05) is 19.7 Å². The number of benzene rings is 1. The molecule has 1 atom stereocenters. The van der Waals surface area contributed by atoms with Crippen molar-refractivity contribution >= 4 is 11.9 Å². The summed E-state index contributed by atoms with van der Waals surface area (Å²) in [7, 11) is 1.89. The van der Waals surface area contributed by atoms with E-state index in [0.717, 1.165) is 44.1 Å². The Labute approximate surface area is 167 Å². The minimum Gasteiger partial charge on any atom is -0.478 e. The summed E-state index contributed by atoms with van der Waals surface area (Å²) in [6.45, 7) is 1.08. The summed E-state index contributed by atoms with van der Waals surface area (Å²) in [6.07, 6.45) is 7.40. The van der Waals surface area contributed by atoms with Gasteiger partial charge in [-0.05, 0) is 74.5 Å². The molecule has 2 fully saturated rings. The highest BCUT2D eigenvalue weighted by Crippen LogP contribution is 2.32. The Balaban J connectivity index is 1.38. The molecule has 28 heavy (non-hydrogen) atoms. The van der Waals surface area contributed by atoms with E-state index in [1.54, 1.807) is 18.2 Å². The van der Waals surface area contributed by atoms with Crippen molar-refractivity contribution in [3.63, 3.8) is 0 Å². The summed E-state index contributed by atoms with van der Waals surface area (Å²) in [4.78, 5) is 25.5. The number of amides is 1. The first-order valence-corrected chi connectivity index (χ1v) is 10.4. The number of carboxylic acid groups (broad SMARTS) is 1. The van der Waals surface area contributed by atoms with Gasteiger partial charge in [-0.1, -0.05) is 12.1 Å². The lowest BCUT2D eigenvalue weighted by atomic mass is 9.78. The Bertz CT molecular complexity index is 681. The molecule has 0 spiro atoms. The monoisotopic (exact) mass is 388 g/mol. The van der Waals surface area contributed by atoms with E-state index in [2.05, 4.69) is 0 Å². The molecule has 1 amide bonds. The average molecular weight is 389 g/mol. The summed E-state index contributed by atoms with van der Waals surface area (Å²) in [5.41, 5.74) is 7.46. The van der Waals surface area contributed by atoms with Crippen LogP contribution in [0.4, 0.5) is 0 Å². The number of carbonyl (C=O) groups excluding carboxylic acids is 1. The first kappa shape index (κ1) is 20.8. The second-order valence-electron chi connectivity index (χ2n) is 8.36. The van der Waals surface area contributed by atoms with E-state index in [-0.39, 0.29) is 23.4 Å².